The molecule has 1 saturated heterocycles. The third-order valence-corrected chi connectivity index (χ3v) is 8.33. The summed E-state index contributed by atoms with van der Waals surface area (Å²) in [6, 6.07) is 14.0. The van der Waals surface area contributed by atoms with Crippen LogP contribution in [0.5, 0.6) is 5.75 Å². The molecule has 4 atom stereocenters. The molecule has 2 aromatic rings. The number of hydrogen-bond donors (Lipinski definition) is 3. The second kappa shape index (κ2) is 10.3. The first-order valence-electron chi connectivity index (χ1n) is 13.6. The van der Waals surface area contributed by atoms with E-state index in [9.17, 15) is 14.7 Å². The lowest BCUT2D eigenvalue weighted by Crippen LogP contribution is -2.48. The highest BCUT2D eigenvalue weighted by molar-refractivity contribution is 5.89. The number of nitrogens with zero attached hydrogens (tertiary/aromatic N) is 1. The van der Waals surface area contributed by atoms with Gasteiger partial charge in [-0.15, -0.1) is 0 Å². The highest BCUT2D eigenvalue weighted by Gasteiger charge is 2.46. The molecule has 2 fully saturated rings. The Morgan fingerprint density at radius 1 is 1.08 bits per heavy atom. The highest BCUT2D eigenvalue weighted by atomic mass is 16.6. The van der Waals surface area contributed by atoms with E-state index >= 15 is 0 Å². The molecule has 3 amide bonds. The molecule has 8 heteroatoms. The van der Waals surface area contributed by atoms with Crippen molar-refractivity contribution >= 4 is 17.6 Å². The van der Waals surface area contributed by atoms with E-state index in [1.54, 1.807) is 0 Å². The summed E-state index contributed by atoms with van der Waals surface area (Å²) in [4.78, 5) is 27.6. The molecule has 6 rings (SSSR count). The Kier molecular flexibility index (Phi) is 6.78. The predicted molar refractivity (Wildman–Crippen MR) is 139 cm³/mol. The van der Waals surface area contributed by atoms with Gasteiger partial charge < -0.3 is 30.1 Å². The van der Waals surface area contributed by atoms with Crippen LogP contribution in [0.25, 0.3) is 0 Å². The van der Waals surface area contributed by atoms with E-state index in [0.29, 0.717) is 25.2 Å². The molecule has 0 unspecified atom stereocenters. The molecule has 37 heavy (non-hydrogen) atoms. The molecule has 0 spiro atoms. The van der Waals surface area contributed by atoms with E-state index in [0.717, 1.165) is 43.4 Å². The summed E-state index contributed by atoms with van der Waals surface area (Å²) >= 11 is 0. The van der Waals surface area contributed by atoms with Crippen LogP contribution < -0.4 is 15.4 Å². The van der Waals surface area contributed by atoms with Crippen molar-refractivity contribution in [3.8, 4) is 5.75 Å². The molecule has 1 aliphatic carbocycles. The Morgan fingerprint density at radius 3 is 2.70 bits per heavy atom. The molecular formula is C29H35N3O5. The molecular weight excluding hydrogens is 470 g/mol. The van der Waals surface area contributed by atoms with Gasteiger partial charge >= 0.3 is 6.03 Å². The van der Waals surface area contributed by atoms with Crippen LogP contribution in [-0.2, 0) is 22.5 Å². The van der Waals surface area contributed by atoms with E-state index in [1.807, 2.05) is 35.2 Å². The number of rotatable bonds is 5. The van der Waals surface area contributed by atoms with E-state index < -0.39 is 6.10 Å². The van der Waals surface area contributed by atoms with E-state index in [4.69, 9.17) is 9.47 Å². The molecule has 0 radical (unpaired) electrons. The van der Waals surface area contributed by atoms with Gasteiger partial charge in [0.15, 0.2) is 0 Å². The minimum Gasteiger partial charge on any atom is -0.487 e. The Balaban J connectivity index is 1.13. The maximum absolute atomic E-state index is 13.2. The maximum Gasteiger partial charge on any atom is 0.319 e. The van der Waals surface area contributed by atoms with Gasteiger partial charge in [-0.05, 0) is 55.0 Å². The van der Waals surface area contributed by atoms with Gasteiger partial charge in [0.2, 0.25) is 5.91 Å². The standard InChI is InChI=1S/C29H35N3O5/c33-17-26-28-24(14-22(36-26)15-27(34)32-12-11-18-5-1-2-6-19(18)16-32)23-13-21(9-10-25(23)37-28)31-29(35)30-20-7-3-4-8-20/h1-2,5-6,9-10,13,20,22,24,26,28,33H,3-4,7-8,11-12,14-17H2,(H2,30,31,35)/t22-,24+,26-,28-/m1/s1. The molecule has 1 saturated carbocycles. The Bertz CT molecular complexity index is 1160. The maximum atomic E-state index is 13.2. The quantitative estimate of drug-likeness (QED) is 0.575. The molecule has 196 valence electrons. The summed E-state index contributed by atoms with van der Waals surface area (Å²) in [6.45, 7) is 1.16. The third kappa shape index (κ3) is 5.05. The number of nitrogens with one attached hydrogen (secondary N) is 2. The van der Waals surface area contributed by atoms with Crippen molar-refractivity contribution in [3.63, 3.8) is 0 Å². The highest BCUT2D eigenvalue weighted by Crippen LogP contribution is 2.47. The van der Waals surface area contributed by atoms with Crippen molar-refractivity contribution in [2.24, 2.45) is 0 Å². The van der Waals surface area contributed by atoms with Gasteiger partial charge in [0.1, 0.15) is 18.0 Å². The molecule has 3 N–H and O–H groups in total. The molecule has 3 aliphatic heterocycles. The number of aliphatic hydroxyl groups excluding tert-OH is 1. The number of fused-ring (bicyclic) bond motifs is 4. The lowest BCUT2D eigenvalue weighted by molar-refractivity contribution is -0.149. The topological polar surface area (TPSA) is 100 Å². The summed E-state index contributed by atoms with van der Waals surface area (Å²) in [5, 5.41) is 16.1. The zero-order chi connectivity index (χ0) is 25.4. The van der Waals surface area contributed by atoms with Crippen molar-refractivity contribution < 1.29 is 24.2 Å². The number of ether oxygens (including phenoxy) is 2. The molecule has 0 bridgehead atoms. The first kappa shape index (κ1) is 24.2. The van der Waals surface area contributed by atoms with Crippen LogP contribution >= 0.6 is 0 Å². The van der Waals surface area contributed by atoms with Crippen molar-refractivity contribution in [3.05, 3.63) is 59.2 Å². The molecule has 4 aliphatic rings. The van der Waals surface area contributed by atoms with E-state index in [1.165, 1.54) is 11.1 Å². The van der Waals surface area contributed by atoms with Gasteiger partial charge in [0.05, 0.1) is 19.1 Å². The molecule has 2 aromatic carbocycles. The summed E-state index contributed by atoms with van der Waals surface area (Å²) in [7, 11) is 0. The van der Waals surface area contributed by atoms with Crippen LogP contribution in [0.2, 0.25) is 0 Å². The van der Waals surface area contributed by atoms with Crippen LogP contribution in [0.3, 0.4) is 0 Å². The van der Waals surface area contributed by atoms with Gasteiger partial charge in [-0.2, -0.15) is 0 Å². The first-order valence-corrected chi connectivity index (χ1v) is 13.6. The number of anilines is 1. The lowest BCUT2D eigenvalue weighted by atomic mass is 9.84. The minimum absolute atomic E-state index is 0.0135. The number of benzene rings is 2. The monoisotopic (exact) mass is 505 g/mol. The minimum atomic E-state index is -0.506. The van der Waals surface area contributed by atoms with Gasteiger partial charge in [-0.25, -0.2) is 4.79 Å². The van der Waals surface area contributed by atoms with Crippen LogP contribution in [0, 0.1) is 0 Å². The fourth-order valence-corrected chi connectivity index (χ4v) is 6.42. The number of carbonyl (C=O) groups is 2. The van der Waals surface area contributed by atoms with Crippen molar-refractivity contribution in [1.82, 2.24) is 10.2 Å². The Morgan fingerprint density at radius 2 is 1.89 bits per heavy atom. The molecule has 8 nitrogen and oxygen atoms in total. The summed E-state index contributed by atoms with van der Waals surface area (Å²) in [6.07, 6.45) is 5.02. The van der Waals surface area contributed by atoms with E-state index in [-0.39, 0.29) is 49.1 Å². The predicted octanol–water partition coefficient (Wildman–Crippen LogP) is 3.72. The Labute approximate surface area is 217 Å². The molecule has 0 aromatic heterocycles. The fourth-order valence-electron chi connectivity index (χ4n) is 6.42. The normalized spacial score (nSPS) is 26.6. The van der Waals surface area contributed by atoms with Crippen LogP contribution in [0.15, 0.2) is 42.5 Å². The number of aliphatic hydroxyl groups is 1. The van der Waals surface area contributed by atoms with Gasteiger partial charge in [-0.3, -0.25) is 4.79 Å². The van der Waals surface area contributed by atoms with Crippen LogP contribution in [-0.4, -0.2) is 59.5 Å². The molecule has 3 heterocycles. The fraction of sp³-hybridized carbons (Fsp3) is 0.517. The van der Waals surface area contributed by atoms with Crippen molar-refractivity contribution in [2.75, 3.05) is 18.5 Å². The van der Waals surface area contributed by atoms with Gasteiger partial charge in [-0.1, -0.05) is 37.1 Å². The number of urea groups is 1. The van der Waals surface area contributed by atoms with Crippen LogP contribution in [0.1, 0.15) is 61.1 Å². The van der Waals surface area contributed by atoms with Crippen molar-refractivity contribution in [1.29, 1.82) is 0 Å². The number of hydrogen-bond acceptors (Lipinski definition) is 5. The third-order valence-electron chi connectivity index (χ3n) is 8.33. The lowest BCUT2D eigenvalue weighted by Gasteiger charge is -2.38. The smallest absolute Gasteiger partial charge is 0.319 e. The SMILES string of the molecule is O=C(Nc1ccc2c(c1)[C@@H]1C[C@H](CC(=O)N3CCc4ccccc4C3)O[C@H](CO)[C@@H]1O2)NC1CCCC1. The summed E-state index contributed by atoms with van der Waals surface area (Å²) in [5.74, 6) is 0.812. The largest absolute Gasteiger partial charge is 0.487 e. The number of carbonyl (C=O) groups excluding carboxylic acids is 2. The second-order valence-electron chi connectivity index (χ2n) is 10.8. The zero-order valence-corrected chi connectivity index (χ0v) is 21.0. The first-order chi connectivity index (χ1) is 18.1. The van der Waals surface area contributed by atoms with Crippen molar-refractivity contribution in [2.45, 2.75) is 81.8 Å². The van der Waals surface area contributed by atoms with Gasteiger partial charge in [0.25, 0.3) is 0 Å². The second-order valence-corrected chi connectivity index (χ2v) is 10.8. The van der Waals surface area contributed by atoms with Gasteiger partial charge in [0, 0.05) is 36.3 Å². The summed E-state index contributed by atoms with van der Waals surface area (Å²) < 4.78 is 12.4. The zero-order valence-electron chi connectivity index (χ0n) is 21.0. The van der Waals surface area contributed by atoms with E-state index in [2.05, 4.69) is 22.8 Å². The Hall–Kier alpha value is -3.10. The summed E-state index contributed by atoms with van der Waals surface area (Å²) in [5.41, 5.74) is 4.22. The number of amides is 3. The average molecular weight is 506 g/mol. The average Bonchev–Trinajstić information content (AvgIpc) is 3.55. The van der Waals surface area contributed by atoms with Crippen LogP contribution in [0.4, 0.5) is 10.5 Å².